The normalized spacial score (nSPS) is 13.4. The minimum Gasteiger partial charge on any atom is -0.310 e. The van der Waals surface area contributed by atoms with Gasteiger partial charge in [0.1, 0.15) is 6.29 Å². The molecule has 3 heteroatoms. The van der Waals surface area contributed by atoms with Crippen LogP contribution in [-0.2, 0) is 4.79 Å². The van der Waals surface area contributed by atoms with E-state index in [-0.39, 0.29) is 6.04 Å². The van der Waals surface area contributed by atoms with Crippen molar-refractivity contribution in [2.45, 2.75) is 6.04 Å². The Kier molecular flexibility index (Phi) is 4.75. The number of hydrogen-bond donors (Lipinski definition) is 1. The third-order valence-electron chi connectivity index (χ3n) is 0.701. The molecule has 0 amide bonds. The second kappa shape index (κ2) is 4.52. The fourth-order valence-electron chi connectivity index (χ4n) is 0.182. The van der Waals surface area contributed by atoms with E-state index in [0.717, 1.165) is 10.7 Å². The van der Waals surface area contributed by atoms with E-state index < -0.39 is 0 Å². The standard InChI is InChI=1S/C4H8INO/c1-6-4(2-5)3-7/h3-4,6H,2H2,1H3. The lowest BCUT2D eigenvalue weighted by molar-refractivity contribution is -0.108. The SMILES string of the molecule is CNC(C=O)CI. The molecule has 1 unspecified atom stereocenters. The van der Waals surface area contributed by atoms with Crippen LogP contribution in [0.4, 0.5) is 0 Å². The van der Waals surface area contributed by atoms with E-state index >= 15 is 0 Å². The van der Waals surface area contributed by atoms with Crippen LogP contribution < -0.4 is 5.32 Å². The summed E-state index contributed by atoms with van der Waals surface area (Å²) in [6.45, 7) is 0. The molecule has 0 aromatic carbocycles. The summed E-state index contributed by atoms with van der Waals surface area (Å²) in [7, 11) is 1.78. The predicted octanol–water partition coefficient (Wildman–Crippen LogP) is 0.208. The molecule has 0 spiro atoms. The second-order valence-corrected chi connectivity index (χ2v) is 2.07. The van der Waals surface area contributed by atoms with Gasteiger partial charge in [-0.3, -0.25) is 0 Å². The Hall–Kier alpha value is 0.360. The van der Waals surface area contributed by atoms with Crippen LogP contribution in [0.25, 0.3) is 0 Å². The van der Waals surface area contributed by atoms with Crippen molar-refractivity contribution in [3.63, 3.8) is 0 Å². The smallest absolute Gasteiger partial charge is 0.137 e. The molecular formula is C4H8INO. The maximum atomic E-state index is 9.90. The molecule has 0 aromatic rings. The molecule has 0 heterocycles. The zero-order chi connectivity index (χ0) is 5.70. The summed E-state index contributed by atoms with van der Waals surface area (Å²) in [5.41, 5.74) is 0. The number of halogens is 1. The van der Waals surface area contributed by atoms with Crippen LogP contribution in [0.15, 0.2) is 0 Å². The molecule has 2 nitrogen and oxygen atoms in total. The van der Waals surface area contributed by atoms with E-state index in [0.29, 0.717) is 0 Å². The molecule has 1 N–H and O–H groups in total. The van der Waals surface area contributed by atoms with E-state index in [2.05, 4.69) is 27.9 Å². The number of nitrogens with one attached hydrogen (secondary N) is 1. The summed E-state index contributed by atoms with van der Waals surface area (Å²) in [4.78, 5) is 9.90. The highest BCUT2D eigenvalue weighted by atomic mass is 127. The Bertz CT molecular complexity index is 53.7. The van der Waals surface area contributed by atoms with Crippen molar-refractivity contribution in [3.8, 4) is 0 Å². The van der Waals surface area contributed by atoms with Gasteiger partial charge in [-0.15, -0.1) is 0 Å². The van der Waals surface area contributed by atoms with Crippen molar-refractivity contribution in [3.05, 3.63) is 0 Å². The van der Waals surface area contributed by atoms with Gasteiger partial charge in [-0.05, 0) is 7.05 Å². The van der Waals surface area contributed by atoms with Gasteiger partial charge in [0.2, 0.25) is 0 Å². The first kappa shape index (κ1) is 7.36. The van der Waals surface area contributed by atoms with Gasteiger partial charge in [-0.25, -0.2) is 0 Å². The number of carbonyl (C=O) groups excluding carboxylic acids is 1. The van der Waals surface area contributed by atoms with Crippen molar-refractivity contribution in [1.29, 1.82) is 0 Å². The molecule has 0 saturated carbocycles. The van der Waals surface area contributed by atoms with Crippen LogP contribution in [0.1, 0.15) is 0 Å². The van der Waals surface area contributed by atoms with Gasteiger partial charge in [-0.1, -0.05) is 22.6 Å². The van der Waals surface area contributed by atoms with Crippen LogP contribution in [0.5, 0.6) is 0 Å². The van der Waals surface area contributed by atoms with Crippen LogP contribution >= 0.6 is 22.6 Å². The summed E-state index contributed by atoms with van der Waals surface area (Å²) in [6, 6.07) is 0.0422. The minimum atomic E-state index is 0.0422. The number of alkyl halides is 1. The maximum Gasteiger partial charge on any atom is 0.137 e. The zero-order valence-electron chi connectivity index (χ0n) is 4.15. The van der Waals surface area contributed by atoms with Crippen molar-refractivity contribution in [2.75, 3.05) is 11.5 Å². The van der Waals surface area contributed by atoms with Crippen LogP contribution in [0.2, 0.25) is 0 Å². The van der Waals surface area contributed by atoms with Gasteiger partial charge in [0.15, 0.2) is 0 Å². The molecule has 0 bridgehead atoms. The fraction of sp³-hybridized carbons (Fsp3) is 0.750. The average molecular weight is 213 g/mol. The quantitative estimate of drug-likeness (QED) is 0.412. The Morgan fingerprint density at radius 3 is 2.57 bits per heavy atom. The Labute approximate surface area is 56.8 Å². The Balaban J connectivity index is 3.16. The van der Waals surface area contributed by atoms with Crippen LogP contribution in [-0.4, -0.2) is 23.8 Å². The first-order valence-electron chi connectivity index (χ1n) is 2.03. The fourth-order valence-corrected chi connectivity index (χ4v) is 0.830. The molecule has 1 atom stereocenters. The van der Waals surface area contributed by atoms with Gasteiger partial charge in [0, 0.05) is 4.43 Å². The molecule has 42 valence electrons. The van der Waals surface area contributed by atoms with Crippen LogP contribution in [0.3, 0.4) is 0 Å². The lowest BCUT2D eigenvalue weighted by Gasteiger charge is -1.99. The van der Waals surface area contributed by atoms with Gasteiger partial charge in [0.05, 0.1) is 6.04 Å². The minimum absolute atomic E-state index is 0.0422. The number of hydrogen-bond acceptors (Lipinski definition) is 2. The first-order valence-corrected chi connectivity index (χ1v) is 3.56. The highest BCUT2D eigenvalue weighted by molar-refractivity contribution is 14.1. The molecule has 0 aliphatic rings. The lowest BCUT2D eigenvalue weighted by atomic mass is 10.4. The molecule has 0 fully saturated rings. The van der Waals surface area contributed by atoms with Crippen molar-refractivity contribution >= 4 is 28.9 Å². The number of rotatable bonds is 3. The summed E-state index contributed by atoms with van der Waals surface area (Å²) in [5, 5.41) is 2.83. The highest BCUT2D eigenvalue weighted by Crippen LogP contribution is 1.84. The zero-order valence-corrected chi connectivity index (χ0v) is 6.31. The molecule has 0 aliphatic carbocycles. The van der Waals surface area contributed by atoms with Crippen molar-refractivity contribution < 1.29 is 4.79 Å². The van der Waals surface area contributed by atoms with Gasteiger partial charge < -0.3 is 10.1 Å². The van der Waals surface area contributed by atoms with E-state index in [4.69, 9.17) is 0 Å². The van der Waals surface area contributed by atoms with Gasteiger partial charge >= 0.3 is 0 Å². The average Bonchev–Trinajstić information content (AvgIpc) is 1.72. The first-order chi connectivity index (χ1) is 3.35. The molecule has 0 aliphatic heterocycles. The topological polar surface area (TPSA) is 29.1 Å². The number of aldehydes is 1. The lowest BCUT2D eigenvalue weighted by Crippen LogP contribution is -2.27. The van der Waals surface area contributed by atoms with Crippen LogP contribution in [0, 0.1) is 0 Å². The molecule has 7 heavy (non-hydrogen) atoms. The molecule has 0 aromatic heterocycles. The highest BCUT2D eigenvalue weighted by Gasteiger charge is 1.96. The monoisotopic (exact) mass is 213 g/mol. The number of likely N-dealkylation sites (N-methyl/N-ethyl adjacent to an activating group) is 1. The molecular weight excluding hydrogens is 205 g/mol. The maximum absolute atomic E-state index is 9.90. The second-order valence-electron chi connectivity index (χ2n) is 1.19. The molecule has 0 radical (unpaired) electrons. The largest absolute Gasteiger partial charge is 0.310 e. The van der Waals surface area contributed by atoms with E-state index in [9.17, 15) is 4.79 Å². The summed E-state index contributed by atoms with van der Waals surface area (Å²) >= 11 is 2.16. The summed E-state index contributed by atoms with van der Waals surface area (Å²) < 4.78 is 0.845. The summed E-state index contributed by atoms with van der Waals surface area (Å²) in [5.74, 6) is 0. The van der Waals surface area contributed by atoms with E-state index in [1.165, 1.54) is 0 Å². The van der Waals surface area contributed by atoms with Gasteiger partial charge in [-0.2, -0.15) is 0 Å². The van der Waals surface area contributed by atoms with E-state index in [1.54, 1.807) is 7.05 Å². The summed E-state index contributed by atoms with van der Waals surface area (Å²) in [6.07, 6.45) is 0.909. The molecule has 0 rings (SSSR count). The third kappa shape index (κ3) is 2.99. The molecule has 0 saturated heterocycles. The predicted molar refractivity (Wildman–Crippen MR) is 37.8 cm³/mol. The van der Waals surface area contributed by atoms with Crippen molar-refractivity contribution in [2.24, 2.45) is 0 Å². The Morgan fingerprint density at radius 1 is 2.00 bits per heavy atom. The van der Waals surface area contributed by atoms with Gasteiger partial charge in [0.25, 0.3) is 0 Å². The Morgan fingerprint density at radius 2 is 2.57 bits per heavy atom. The van der Waals surface area contributed by atoms with E-state index in [1.807, 2.05) is 0 Å². The third-order valence-corrected chi connectivity index (χ3v) is 1.65. The van der Waals surface area contributed by atoms with Crippen molar-refractivity contribution in [1.82, 2.24) is 5.32 Å². The number of carbonyl (C=O) groups is 1.